The van der Waals surface area contributed by atoms with Crippen molar-refractivity contribution in [2.75, 3.05) is 0 Å². The van der Waals surface area contributed by atoms with Crippen molar-refractivity contribution in [3.63, 3.8) is 0 Å². The lowest BCUT2D eigenvalue weighted by Crippen LogP contribution is -2.18. The molecule has 0 aliphatic rings. The number of ether oxygens (including phenoxy) is 1. The lowest BCUT2D eigenvalue weighted by Gasteiger charge is -2.18. The maximum Gasteiger partial charge on any atom is 0.306 e. The number of carboxylic acids is 1. The molecule has 0 aliphatic heterocycles. The maximum atomic E-state index is 12.7. The first-order chi connectivity index (χ1) is 24.6. The number of carbonyl (C=O) groups excluding carboxylic acids is 1. The summed E-state index contributed by atoms with van der Waals surface area (Å²) in [5, 5.41) is 8.76. The number of hydrogen-bond acceptors (Lipinski definition) is 3. The third-order valence-electron chi connectivity index (χ3n) is 10.2. The van der Waals surface area contributed by atoms with Crippen LogP contribution in [0.4, 0.5) is 0 Å². The van der Waals surface area contributed by atoms with Gasteiger partial charge in [-0.2, -0.15) is 0 Å². The van der Waals surface area contributed by atoms with Crippen LogP contribution in [-0.2, 0) is 14.3 Å². The van der Waals surface area contributed by atoms with E-state index in [1.165, 1.54) is 167 Å². The first-order valence-electron chi connectivity index (χ1n) is 22.3. The van der Waals surface area contributed by atoms with Crippen LogP contribution in [0.3, 0.4) is 0 Å². The second kappa shape index (κ2) is 41.8. The monoisotopic (exact) mass is 703 g/mol. The van der Waals surface area contributed by atoms with E-state index in [1.807, 2.05) is 0 Å². The Morgan fingerprint density at radius 2 is 0.780 bits per heavy atom. The Morgan fingerprint density at radius 1 is 0.440 bits per heavy atom. The highest BCUT2D eigenvalue weighted by Crippen LogP contribution is 2.19. The summed E-state index contributed by atoms with van der Waals surface area (Å²) in [6.45, 7) is 4.53. The van der Waals surface area contributed by atoms with Gasteiger partial charge in [-0.15, -0.1) is 0 Å². The van der Waals surface area contributed by atoms with Crippen LogP contribution in [0, 0.1) is 0 Å². The minimum absolute atomic E-state index is 0.0288. The summed E-state index contributed by atoms with van der Waals surface area (Å²) in [4.78, 5) is 23.4. The van der Waals surface area contributed by atoms with Crippen molar-refractivity contribution in [3.8, 4) is 0 Å². The van der Waals surface area contributed by atoms with Gasteiger partial charge >= 0.3 is 11.9 Å². The zero-order valence-corrected chi connectivity index (χ0v) is 33.7. The van der Waals surface area contributed by atoms with E-state index in [-0.39, 0.29) is 12.1 Å². The van der Waals surface area contributed by atoms with Crippen LogP contribution in [0.1, 0.15) is 251 Å². The molecule has 4 nitrogen and oxygen atoms in total. The predicted molar refractivity (Wildman–Crippen MR) is 218 cm³/mol. The number of unbranched alkanes of at least 4 members (excludes halogenated alkanes) is 28. The number of allylic oxidation sites excluding steroid dienone is 4. The molecule has 0 radical (unpaired) electrons. The molecule has 0 aromatic rings. The molecule has 0 saturated heterocycles. The molecule has 1 unspecified atom stereocenters. The second-order valence-corrected chi connectivity index (χ2v) is 15.2. The summed E-state index contributed by atoms with van der Waals surface area (Å²) < 4.78 is 6.05. The summed E-state index contributed by atoms with van der Waals surface area (Å²) in [5.41, 5.74) is 0. The van der Waals surface area contributed by atoms with Gasteiger partial charge in [0.2, 0.25) is 0 Å². The Morgan fingerprint density at radius 3 is 1.22 bits per heavy atom. The number of hydrogen-bond donors (Lipinski definition) is 1. The van der Waals surface area contributed by atoms with Crippen LogP contribution in [0.2, 0.25) is 0 Å². The van der Waals surface area contributed by atoms with Crippen molar-refractivity contribution in [2.24, 2.45) is 0 Å². The van der Waals surface area contributed by atoms with Gasteiger partial charge in [0, 0.05) is 12.8 Å². The average Bonchev–Trinajstić information content (AvgIpc) is 3.10. The molecule has 294 valence electrons. The Balaban J connectivity index is 3.90. The lowest BCUT2D eigenvalue weighted by atomic mass is 10.0. The first-order valence-corrected chi connectivity index (χ1v) is 22.3. The highest BCUT2D eigenvalue weighted by molar-refractivity contribution is 5.69. The maximum absolute atomic E-state index is 12.7. The fourth-order valence-electron chi connectivity index (χ4n) is 6.86. The molecule has 0 aliphatic carbocycles. The minimum atomic E-state index is -0.680. The van der Waals surface area contributed by atoms with Gasteiger partial charge in [-0.25, -0.2) is 0 Å². The molecule has 0 bridgehead atoms. The van der Waals surface area contributed by atoms with Gasteiger partial charge in [-0.05, 0) is 70.6 Å². The average molecular weight is 703 g/mol. The fraction of sp³-hybridized carbons (Fsp3) is 0.870. The summed E-state index contributed by atoms with van der Waals surface area (Å²) in [7, 11) is 0. The van der Waals surface area contributed by atoms with E-state index in [2.05, 4.69) is 38.2 Å². The normalized spacial score (nSPS) is 12.4. The fourth-order valence-corrected chi connectivity index (χ4v) is 6.86. The number of carboxylic acid groups (broad SMARTS) is 1. The quantitative estimate of drug-likeness (QED) is 0.0391. The van der Waals surface area contributed by atoms with Crippen molar-refractivity contribution in [1.82, 2.24) is 0 Å². The van der Waals surface area contributed by atoms with Gasteiger partial charge in [-0.3, -0.25) is 9.59 Å². The highest BCUT2D eigenvalue weighted by Gasteiger charge is 2.14. The summed E-state index contributed by atoms with van der Waals surface area (Å²) in [6.07, 6.45) is 53.6. The zero-order chi connectivity index (χ0) is 36.4. The van der Waals surface area contributed by atoms with Crippen LogP contribution in [0.25, 0.3) is 0 Å². The molecular formula is C46H86O4. The summed E-state index contributed by atoms with van der Waals surface area (Å²) in [6, 6.07) is 0. The van der Waals surface area contributed by atoms with Gasteiger partial charge in [0.1, 0.15) is 6.10 Å². The standard InChI is InChI=1S/C46H86O4/c1-3-5-7-9-11-13-14-15-16-17-18-19-20-21-22-23-24-25-31-35-39-43-46(49)50-44(40-36-32-28-12-10-8-6-4-2)41-37-33-29-26-27-30-34-38-42-45(47)48/h11,13,15-16,44H,3-10,12,14,17-43H2,1-2H3,(H,47,48)/b13-11-,16-15-. The van der Waals surface area contributed by atoms with Crippen LogP contribution in [-0.4, -0.2) is 23.1 Å². The molecule has 0 heterocycles. The van der Waals surface area contributed by atoms with Crippen LogP contribution in [0.5, 0.6) is 0 Å². The van der Waals surface area contributed by atoms with Crippen molar-refractivity contribution in [1.29, 1.82) is 0 Å². The van der Waals surface area contributed by atoms with Crippen LogP contribution < -0.4 is 0 Å². The van der Waals surface area contributed by atoms with E-state index >= 15 is 0 Å². The number of carbonyl (C=O) groups is 2. The van der Waals surface area contributed by atoms with Crippen LogP contribution in [0.15, 0.2) is 24.3 Å². The van der Waals surface area contributed by atoms with Gasteiger partial charge in [0.05, 0.1) is 0 Å². The molecule has 0 amide bonds. The zero-order valence-electron chi connectivity index (χ0n) is 33.7. The summed E-state index contributed by atoms with van der Waals surface area (Å²) >= 11 is 0. The minimum Gasteiger partial charge on any atom is -0.481 e. The summed E-state index contributed by atoms with van der Waals surface area (Å²) in [5.74, 6) is -0.651. The first kappa shape index (κ1) is 48.4. The SMILES string of the molecule is CCCCC/C=C\C/C=C\CCCCCCCCCCCCCC(=O)OC(CCCCCCCCCC)CCCCCCCCCCC(=O)O. The van der Waals surface area contributed by atoms with Crippen molar-refractivity contribution < 1.29 is 19.4 Å². The lowest BCUT2D eigenvalue weighted by molar-refractivity contribution is -0.150. The largest absolute Gasteiger partial charge is 0.481 e. The Kier molecular flexibility index (Phi) is 40.5. The molecule has 0 aromatic carbocycles. The van der Waals surface area contributed by atoms with Gasteiger partial charge in [-0.1, -0.05) is 192 Å². The van der Waals surface area contributed by atoms with Gasteiger partial charge in [0.15, 0.2) is 0 Å². The van der Waals surface area contributed by atoms with Crippen LogP contribution >= 0.6 is 0 Å². The van der Waals surface area contributed by atoms with Gasteiger partial charge < -0.3 is 9.84 Å². The number of aliphatic carboxylic acids is 1. The third kappa shape index (κ3) is 40.8. The third-order valence-corrected chi connectivity index (χ3v) is 10.2. The Bertz CT molecular complexity index is 757. The van der Waals surface area contributed by atoms with E-state index in [4.69, 9.17) is 9.84 Å². The van der Waals surface area contributed by atoms with Crippen molar-refractivity contribution in [3.05, 3.63) is 24.3 Å². The van der Waals surface area contributed by atoms with Crippen molar-refractivity contribution >= 4 is 11.9 Å². The topological polar surface area (TPSA) is 63.6 Å². The van der Waals surface area contributed by atoms with E-state index in [9.17, 15) is 9.59 Å². The Labute approximate surface area is 312 Å². The molecule has 0 aromatic heterocycles. The van der Waals surface area contributed by atoms with E-state index in [0.717, 1.165) is 57.8 Å². The molecular weight excluding hydrogens is 617 g/mol. The second-order valence-electron chi connectivity index (χ2n) is 15.2. The number of esters is 1. The molecule has 4 heteroatoms. The van der Waals surface area contributed by atoms with E-state index in [0.29, 0.717) is 12.8 Å². The molecule has 1 N–H and O–H groups in total. The van der Waals surface area contributed by atoms with E-state index < -0.39 is 5.97 Å². The van der Waals surface area contributed by atoms with Gasteiger partial charge in [0.25, 0.3) is 0 Å². The predicted octanol–water partition coefficient (Wildman–Crippen LogP) is 15.6. The molecule has 1 atom stereocenters. The molecule has 0 fully saturated rings. The molecule has 0 spiro atoms. The smallest absolute Gasteiger partial charge is 0.306 e. The van der Waals surface area contributed by atoms with E-state index in [1.54, 1.807) is 0 Å². The Hall–Kier alpha value is -1.58. The molecule has 0 rings (SSSR count). The number of rotatable bonds is 41. The molecule has 50 heavy (non-hydrogen) atoms. The molecule has 0 saturated carbocycles. The highest BCUT2D eigenvalue weighted by atomic mass is 16.5. The van der Waals surface area contributed by atoms with Crippen molar-refractivity contribution in [2.45, 2.75) is 258 Å².